The predicted octanol–water partition coefficient (Wildman–Crippen LogP) is 2.85. The van der Waals surface area contributed by atoms with Crippen LogP contribution < -0.4 is 0 Å². The molecule has 0 atom stereocenters. The van der Waals surface area contributed by atoms with Crippen molar-refractivity contribution in [2.24, 2.45) is 0 Å². The third-order valence-electron chi connectivity index (χ3n) is 0.853. The van der Waals surface area contributed by atoms with Crippen LogP contribution in [0.3, 0.4) is 0 Å². The van der Waals surface area contributed by atoms with E-state index in [2.05, 4.69) is 6.92 Å². The first-order valence-electron chi connectivity index (χ1n) is 3.08. The minimum absolute atomic E-state index is 0.701. The molecule has 9 heavy (non-hydrogen) atoms. The maximum atomic E-state index is 5.65. The third-order valence-corrected chi connectivity index (χ3v) is 2.22. The minimum atomic E-state index is -2.25. The predicted molar refractivity (Wildman–Crippen MR) is 44.2 cm³/mol. The highest BCUT2D eigenvalue weighted by molar-refractivity contribution is 7.41. The van der Waals surface area contributed by atoms with E-state index in [0.717, 1.165) is 12.8 Å². The van der Waals surface area contributed by atoms with E-state index >= 15 is 0 Å². The van der Waals surface area contributed by atoms with Crippen molar-refractivity contribution in [1.82, 2.24) is 0 Å². The van der Waals surface area contributed by atoms with Gasteiger partial charge >= 0.3 is 6.94 Å². The van der Waals surface area contributed by atoms with E-state index in [1.807, 2.05) is 0 Å². The van der Waals surface area contributed by atoms with E-state index in [4.69, 9.17) is 26.6 Å². The van der Waals surface area contributed by atoms with E-state index in [1.54, 1.807) is 6.55 Å². The Morgan fingerprint density at radius 3 is 2.33 bits per heavy atom. The molecule has 0 bridgehead atoms. The van der Waals surface area contributed by atoms with Crippen LogP contribution in [0.5, 0.6) is 0 Å². The normalized spacial score (nSPS) is 12.0. The molecule has 4 heteroatoms. The van der Waals surface area contributed by atoms with E-state index in [9.17, 15) is 0 Å². The molecule has 0 aromatic heterocycles. The lowest BCUT2D eigenvalue weighted by molar-refractivity contribution is 0.319. The Labute approximate surface area is 66.8 Å². The lowest BCUT2D eigenvalue weighted by Crippen LogP contribution is -2.19. The average Bonchev–Trinajstić information content (AvgIpc) is 1.63. The summed E-state index contributed by atoms with van der Waals surface area (Å²) in [5, 5.41) is 0. The topological polar surface area (TPSA) is 9.23 Å². The first-order chi connectivity index (χ1) is 4.06. The Morgan fingerprint density at radius 2 is 2.00 bits per heavy atom. The average molecular weight is 187 g/mol. The van der Waals surface area contributed by atoms with Crippen molar-refractivity contribution in [2.75, 3.05) is 6.61 Å². The molecule has 0 N–H and O–H groups in total. The van der Waals surface area contributed by atoms with Crippen molar-refractivity contribution < 1.29 is 4.43 Å². The Morgan fingerprint density at radius 1 is 1.44 bits per heavy atom. The number of rotatable bonds is 4. The van der Waals surface area contributed by atoms with Gasteiger partial charge in [-0.05, 0) is 13.0 Å². The molecule has 0 aromatic carbocycles. The van der Waals surface area contributed by atoms with Gasteiger partial charge in [0.25, 0.3) is 0 Å². The highest BCUT2D eigenvalue weighted by atomic mass is 35.7. The van der Waals surface area contributed by atoms with Gasteiger partial charge < -0.3 is 4.43 Å². The van der Waals surface area contributed by atoms with Crippen molar-refractivity contribution in [3.8, 4) is 0 Å². The lowest BCUT2D eigenvalue weighted by Gasteiger charge is -2.10. The van der Waals surface area contributed by atoms with Gasteiger partial charge in [-0.3, -0.25) is 0 Å². The molecule has 0 saturated heterocycles. The Balaban J connectivity index is 3.07. The smallest absolute Gasteiger partial charge is 0.386 e. The molecule has 1 nitrogen and oxygen atoms in total. The number of hydrogen-bond acceptors (Lipinski definition) is 1. The fraction of sp³-hybridized carbons (Fsp3) is 1.00. The molecule has 0 heterocycles. The van der Waals surface area contributed by atoms with Crippen LogP contribution in [0.4, 0.5) is 0 Å². The molecular formula is C5H12Cl2OSi. The van der Waals surface area contributed by atoms with Crippen LogP contribution in [0.1, 0.15) is 19.8 Å². The van der Waals surface area contributed by atoms with Crippen LogP contribution in [0.15, 0.2) is 0 Å². The monoisotopic (exact) mass is 186 g/mol. The summed E-state index contributed by atoms with van der Waals surface area (Å²) in [5.41, 5.74) is 0. The van der Waals surface area contributed by atoms with E-state index in [1.165, 1.54) is 0 Å². The molecule has 0 aliphatic heterocycles. The number of unbranched alkanes of at least 4 members (excludes halogenated alkanes) is 1. The maximum Gasteiger partial charge on any atom is 0.386 e. The number of hydrogen-bond donors (Lipinski definition) is 0. The van der Waals surface area contributed by atoms with Gasteiger partial charge in [0.15, 0.2) is 0 Å². The van der Waals surface area contributed by atoms with E-state index in [0.29, 0.717) is 6.61 Å². The Hall–Kier alpha value is 0.757. The molecule has 56 valence electrons. The molecule has 0 radical (unpaired) electrons. The summed E-state index contributed by atoms with van der Waals surface area (Å²) in [7, 11) is 0. The number of halogens is 2. The standard InChI is InChI=1S/C5H12Cl2OSi/c1-3-4-5-8-9(2,6)7/h3-5H2,1-2H3. The van der Waals surface area contributed by atoms with E-state index in [-0.39, 0.29) is 0 Å². The van der Waals surface area contributed by atoms with Crippen LogP contribution in [0, 0.1) is 0 Å². The van der Waals surface area contributed by atoms with Gasteiger partial charge in [-0.25, -0.2) is 0 Å². The summed E-state index contributed by atoms with van der Waals surface area (Å²) < 4.78 is 5.14. The van der Waals surface area contributed by atoms with Gasteiger partial charge in [0.1, 0.15) is 0 Å². The van der Waals surface area contributed by atoms with Crippen molar-refractivity contribution in [3.05, 3.63) is 0 Å². The molecule has 0 rings (SSSR count). The fourth-order valence-electron chi connectivity index (χ4n) is 0.396. The quantitative estimate of drug-likeness (QED) is 0.373. The minimum Gasteiger partial charge on any atom is -0.392 e. The second kappa shape index (κ2) is 4.55. The van der Waals surface area contributed by atoms with Gasteiger partial charge in [-0.1, -0.05) is 13.3 Å². The van der Waals surface area contributed by atoms with Gasteiger partial charge in [-0.15, -0.1) is 22.2 Å². The second-order valence-electron chi connectivity index (χ2n) is 2.01. The van der Waals surface area contributed by atoms with Gasteiger partial charge in [0.05, 0.1) is 0 Å². The van der Waals surface area contributed by atoms with Crippen LogP contribution in [-0.4, -0.2) is 13.5 Å². The van der Waals surface area contributed by atoms with Crippen molar-refractivity contribution >= 4 is 29.1 Å². The molecule has 0 saturated carbocycles. The summed E-state index contributed by atoms with van der Waals surface area (Å²) in [4.78, 5) is 0. The van der Waals surface area contributed by atoms with Crippen LogP contribution >= 0.6 is 22.2 Å². The van der Waals surface area contributed by atoms with Gasteiger partial charge in [0.2, 0.25) is 0 Å². The maximum absolute atomic E-state index is 5.65. The fourth-order valence-corrected chi connectivity index (χ4v) is 1.36. The molecule has 0 aliphatic carbocycles. The largest absolute Gasteiger partial charge is 0.392 e. The summed E-state index contributed by atoms with van der Waals surface area (Å²) in [6, 6.07) is 0. The summed E-state index contributed by atoms with van der Waals surface area (Å²) >= 11 is 11.3. The zero-order chi connectivity index (χ0) is 7.33. The molecule has 0 aliphatic rings. The van der Waals surface area contributed by atoms with Crippen LogP contribution in [-0.2, 0) is 4.43 Å². The zero-order valence-corrected chi connectivity index (χ0v) is 8.30. The highest BCUT2D eigenvalue weighted by Gasteiger charge is 2.21. The lowest BCUT2D eigenvalue weighted by atomic mass is 10.4. The first kappa shape index (κ1) is 9.76. The third kappa shape index (κ3) is 8.76. The summed E-state index contributed by atoms with van der Waals surface area (Å²) in [6.07, 6.45) is 2.17. The van der Waals surface area contributed by atoms with Gasteiger partial charge in [-0.2, -0.15) is 0 Å². The zero-order valence-electron chi connectivity index (χ0n) is 5.79. The second-order valence-corrected chi connectivity index (χ2v) is 8.82. The Bertz CT molecular complexity index is 71.8. The molecule has 0 aromatic rings. The van der Waals surface area contributed by atoms with Crippen molar-refractivity contribution in [3.63, 3.8) is 0 Å². The van der Waals surface area contributed by atoms with E-state index < -0.39 is 6.94 Å². The molecule has 0 amide bonds. The van der Waals surface area contributed by atoms with Crippen molar-refractivity contribution in [1.29, 1.82) is 0 Å². The first-order valence-corrected chi connectivity index (χ1v) is 7.51. The van der Waals surface area contributed by atoms with Crippen LogP contribution in [0.2, 0.25) is 6.55 Å². The Kier molecular flexibility index (Phi) is 4.94. The summed E-state index contributed by atoms with van der Waals surface area (Å²) in [5.74, 6) is 0. The molecule has 0 unspecified atom stereocenters. The highest BCUT2D eigenvalue weighted by Crippen LogP contribution is 2.15. The summed E-state index contributed by atoms with van der Waals surface area (Å²) in [6.45, 7) is 2.31. The molecule has 0 fully saturated rings. The molecule has 0 spiro atoms. The molecular weight excluding hydrogens is 175 g/mol. The van der Waals surface area contributed by atoms with Crippen LogP contribution in [0.25, 0.3) is 0 Å². The van der Waals surface area contributed by atoms with Gasteiger partial charge in [0, 0.05) is 6.61 Å². The van der Waals surface area contributed by atoms with Crippen molar-refractivity contribution in [2.45, 2.75) is 26.3 Å². The SMILES string of the molecule is CCCCO[Si](C)(Cl)Cl.